The zero-order valence-corrected chi connectivity index (χ0v) is 15.4. The normalized spacial score (nSPS) is 16.1. The summed E-state index contributed by atoms with van der Waals surface area (Å²) in [6.07, 6.45) is 1.90. The standard InChI is InChI=1S/C22H21N3O3/c26-21-8-6-16-13-15(5-7-20(16)28-21)14-24-11-9-17(10-12-24)25-19-4-2-1-3-18(19)23-22(25)27/h1-8,13,17H,9-12,14H2,(H,23,27). The van der Waals surface area contributed by atoms with Gasteiger partial charge in [0.1, 0.15) is 5.58 Å². The van der Waals surface area contributed by atoms with E-state index in [1.165, 1.54) is 11.6 Å². The molecule has 0 atom stereocenters. The van der Waals surface area contributed by atoms with E-state index in [0.717, 1.165) is 48.9 Å². The summed E-state index contributed by atoms with van der Waals surface area (Å²) in [7, 11) is 0. The van der Waals surface area contributed by atoms with Gasteiger partial charge in [0.05, 0.1) is 11.0 Å². The molecule has 0 radical (unpaired) electrons. The minimum Gasteiger partial charge on any atom is -0.423 e. The Morgan fingerprint density at radius 1 is 1.00 bits per heavy atom. The number of nitrogens with one attached hydrogen (secondary N) is 1. The van der Waals surface area contributed by atoms with Gasteiger partial charge in [-0.2, -0.15) is 0 Å². The van der Waals surface area contributed by atoms with Gasteiger partial charge in [0.15, 0.2) is 0 Å². The van der Waals surface area contributed by atoms with E-state index in [1.807, 2.05) is 41.0 Å². The van der Waals surface area contributed by atoms with Crippen LogP contribution in [0.4, 0.5) is 0 Å². The molecule has 3 heterocycles. The van der Waals surface area contributed by atoms with E-state index in [9.17, 15) is 9.59 Å². The first-order valence-electron chi connectivity index (χ1n) is 9.62. The van der Waals surface area contributed by atoms with Gasteiger partial charge >= 0.3 is 11.3 Å². The zero-order valence-electron chi connectivity index (χ0n) is 15.4. The van der Waals surface area contributed by atoms with E-state index in [4.69, 9.17) is 4.42 Å². The van der Waals surface area contributed by atoms with Crippen LogP contribution in [-0.4, -0.2) is 27.5 Å². The Kier molecular flexibility index (Phi) is 4.13. The third-order valence-corrected chi connectivity index (χ3v) is 5.64. The molecule has 5 rings (SSSR count). The molecule has 0 saturated carbocycles. The molecule has 2 aromatic carbocycles. The van der Waals surface area contributed by atoms with Crippen molar-refractivity contribution in [1.29, 1.82) is 0 Å². The number of imidazole rings is 1. The highest BCUT2D eigenvalue weighted by Crippen LogP contribution is 2.26. The van der Waals surface area contributed by atoms with Crippen LogP contribution >= 0.6 is 0 Å². The van der Waals surface area contributed by atoms with Gasteiger partial charge in [-0.3, -0.25) is 9.47 Å². The largest absolute Gasteiger partial charge is 0.423 e. The number of hydrogen-bond donors (Lipinski definition) is 1. The second-order valence-electron chi connectivity index (χ2n) is 7.45. The number of rotatable bonds is 3. The summed E-state index contributed by atoms with van der Waals surface area (Å²) in [6.45, 7) is 2.74. The molecule has 0 unspecified atom stereocenters. The van der Waals surface area contributed by atoms with Gasteiger partial charge in [0, 0.05) is 37.1 Å². The van der Waals surface area contributed by atoms with Crippen LogP contribution in [0.15, 0.2) is 68.6 Å². The topological polar surface area (TPSA) is 71.2 Å². The Hall–Kier alpha value is -3.12. The minimum absolute atomic E-state index is 0.0179. The molecule has 0 bridgehead atoms. The van der Waals surface area contributed by atoms with Gasteiger partial charge in [-0.25, -0.2) is 9.59 Å². The monoisotopic (exact) mass is 375 g/mol. The quantitative estimate of drug-likeness (QED) is 0.558. The number of piperidine rings is 1. The Balaban J connectivity index is 1.31. The molecule has 1 N–H and O–H groups in total. The van der Waals surface area contributed by atoms with Gasteiger partial charge in [-0.1, -0.05) is 18.2 Å². The lowest BCUT2D eigenvalue weighted by Gasteiger charge is -2.32. The number of fused-ring (bicyclic) bond motifs is 2. The van der Waals surface area contributed by atoms with Gasteiger partial charge in [0.25, 0.3) is 0 Å². The molecule has 1 saturated heterocycles. The van der Waals surface area contributed by atoms with E-state index in [1.54, 1.807) is 6.07 Å². The second-order valence-corrected chi connectivity index (χ2v) is 7.45. The van der Waals surface area contributed by atoms with Gasteiger partial charge in [0.2, 0.25) is 0 Å². The summed E-state index contributed by atoms with van der Waals surface area (Å²) in [4.78, 5) is 29.1. The van der Waals surface area contributed by atoms with Crippen LogP contribution in [0.2, 0.25) is 0 Å². The summed E-state index contributed by atoms with van der Waals surface area (Å²) in [6, 6.07) is 17.3. The fourth-order valence-electron chi connectivity index (χ4n) is 4.25. The molecule has 142 valence electrons. The van der Waals surface area contributed by atoms with Crippen LogP contribution in [-0.2, 0) is 6.54 Å². The molecule has 0 spiro atoms. The smallest absolute Gasteiger partial charge is 0.336 e. The summed E-state index contributed by atoms with van der Waals surface area (Å²) >= 11 is 0. The predicted molar refractivity (Wildman–Crippen MR) is 109 cm³/mol. The van der Waals surface area contributed by atoms with E-state index in [-0.39, 0.29) is 17.4 Å². The summed E-state index contributed by atoms with van der Waals surface area (Å²) in [5.41, 5.74) is 3.36. The Morgan fingerprint density at radius 3 is 2.68 bits per heavy atom. The molecule has 4 aromatic rings. The molecule has 6 heteroatoms. The molecule has 28 heavy (non-hydrogen) atoms. The Labute approximate surface area is 161 Å². The van der Waals surface area contributed by atoms with Crippen LogP contribution in [0.25, 0.3) is 22.0 Å². The first-order valence-corrected chi connectivity index (χ1v) is 9.62. The summed E-state index contributed by atoms with van der Waals surface area (Å²) in [5.74, 6) is 0. The molecular weight excluding hydrogens is 354 g/mol. The third kappa shape index (κ3) is 3.05. The lowest BCUT2D eigenvalue weighted by atomic mass is 10.0. The SMILES string of the molecule is O=c1ccc2cc(CN3CCC(n4c(=O)[nH]c5ccccc54)CC3)ccc2o1. The van der Waals surface area contributed by atoms with Crippen molar-refractivity contribution >= 4 is 22.0 Å². The highest BCUT2D eigenvalue weighted by atomic mass is 16.4. The van der Waals surface area contributed by atoms with Crippen molar-refractivity contribution in [2.24, 2.45) is 0 Å². The van der Waals surface area contributed by atoms with E-state index in [0.29, 0.717) is 5.58 Å². The maximum absolute atomic E-state index is 12.4. The maximum atomic E-state index is 12.4. The van der Waals surface area contributed by atoms with Crippen LogP contribution in [0, 0.1) is 0 Å². The number of para-hydroxylation sites is 2. The highest BCUT2D eigenvalue weighted by Gasteiger charge is 2.23. The first kappa shape index (κ1) is 17.0. The van der Waals surface area contributed by atoms with E-state index < -0.39 is 0 Å². The highest BCUT2D eigenvalue weighted by molar-refractivity contribution is 5.77. The van der Waals surface area contributed by atoms with Gasteiger partial charge in [-0.05, 0) is 48.7 Å². The number of benzene rings is 2. The molecule has 0 aliphatic carbocycles. The second kappa shape index (κ2) is 6.80. The van der Waals surface area contributed by atoms with Crippen molar-refractivity contribution < 1.29 is 4.42 Å². The fraction of sp³-hybridized carbons (Fsp3) is 0.273. The van der Waals surface area contributed by atoms with Gasteiger partial charge < -0.3 is 9.40 Å². The average Bonchev–Trinajstić information content (AvgIpc) is 3.04. The lowest BCUT2D eigenvalue weighted by Crippen LogP contribution is -2.36. The molecule has 1 aliphatic heterocycles. The van der Waals surface area contributed by atoms with Crippen LogP contribution < -0.4 is 11.3 Å². The first-order chi connectivity index (χ1) is 13.7. The Bertz CT molecular complexity index is 1260. The van der Waals surface area contributed by atoms with E-state index in [2.05, 4.69) is 16.0 Å². The molecule has 0 amide bonds. The van der Waals surface area contributed by atoms with Crippen molar-refractivity contribution in [3.05, 3.63) is 81.1 Å². The van der Waals surface area contributed by atoms with Crippen molar-refractivity contribution in [3.63, 3.8) is 0 Å². The summed E-state index contributed by atoms with van der Waals surface area (Å²) in [5, 5.41) is 0.942. The number of aromatic nitrogens is 2. The van der Waals surface area contributed by atoms with Crippen molar-refractivity contribution in [1.82, 2.24) is 14.5 Å². The number of aromatic amines is 1. The molecule has 1 aliphatic rings. The lowest BCUT2D eigenvalue weighted by molar-refractivity contribution is 0.180. The fourth-order valence-corrected chi connectivity index (χ4v) is 4.25. The maximum Gasteiger partial charge on any atom is 0.336 e. The number of hydrogen-bond acceptors (Lipinski definition) is 4. The molecule has 6 nitrogen and oxygen atoms in total. The van der Waals surface area contributed by atoms with Crippen molar-refractivity contribution in [2.45, 2.75) is 25.4 Å². The average molecular weight is 375 g/mol. The minimum atomic E-state index is -0.324. The van der Waals surface area contributed by atoms with Crippen molar-refractivity contribution in [2.75, 3.05) is 13.1 Å². The third-order valence-electron chi connectivity index (χ3n) is 5.64. The number of nitrogens with zero attached hydrogens (tertiary/aromatic N) is 2. The summed E-state index contributed by atoms with van der Waals surface area (Å²) < 4.78 is 7.13. The van der Waals surface area contributed by atoms with Crippen LogP contribution in [0.3, 0.4) is 0 Å². The van der Waals surface area contributed by atoms with E-state index >= 15 is 0 Å². The molecule has 2 aromatic heterocycles. The Morgan fingerprint density at radius 2 is 1.82 bits per heavy atom. The number of H-pyrrole nitrogens is 1. The van der Waals surface area contributed by atoms with Crippen LogP contribution in [0.5, 0.6) is 0 Å². The number of likely N-dealkylation sites (tertiary alicyclic amines) is 1. The van der Waals surface area contributed by atoms with Crippen LogP contribution in [0.1, 0.15) is 24.4 Å². The molecular formula is C22H21N3O3. The van der Waals surface area contributed by atoms with Crippen molar-refractivity contribution in [3.8, 4) is 0 Å². The van der Waals surface area contributed by atoms with Gasteiger partial charge in [-0.15, -0.1) is 0 Å². The predicted octanol–water partition coefficient (Wildman–Crippen LogP) is 3.27. The molecule has 1 fully saturated rings. The zero-order chi connectivity index (χ0) is 19.1.